The van der Waals surface area contributed by atoms with Crippen molar-refractivity contribution in [2.24, 2.45) is 5.92 Å². The largest absolute Gasteiger partial charge is 0.310 e. The zero-order valence-electron chi connectivity index (χ0n) is 8.53. The van der Waals surface area contributed by atoms with Gasteiger partial charge in [0.25, 0.3) is 0 Å². The van der Waals surface area contributed by atoms with E-state index in [4.69, 9.17) is 4.18 Å². The van der Waals surface area contributed by atoms with Crippen molar-refractivity contribution in [3.05, 3.63) is 29.8 Å². The van der Waals surface area contributed by atoms with Crippen molar-refractivity contribution in [3.8, 4) is 0 Å². The Balaban J connectivity index is 1.66. The van der Waals surface area contributed by atoms with Crippen LogP contribution in [-0.2, 0) is 4.18 Å². The van der Waals surface area contributed by atoms with E-state index in [1.165, 1.54) is 41.8 Å². The molecule has 0 bridgehead atoms. The molecule has 76 valence electrons. The second-order valence-electron chi connectivity index (χ2n) is 3.95. The molecule has 1 aliphatic rings. The van der Waals surface area contributed by atoms with Gasteiger partial charge in [-0.15, -0.1) is 0 Å². The Labute approximate surface area is 90.1 Å². The molecule has 0 aromatic heterocycles. The maximum absolute atomic E-state index is 5.53. The number of hydrogen-bond donors (Lipinski definition) is 0. The molecule has 14 heavy (non-hydrogen) atoms. The summed E-state index contributed by atoms with van der Waals surface area (Å²) in [5, 5.41) is 0. The third-order valence-electron chi connectivity index (χ3n) is 2.48. The molecule has 2 rings (SSSR count). The first-order valence-corrected chi connectivity index (χ1v) is 5.95. The first kappa shape index (κ1) is 10.1. The fourth-order valence-corrected chi connectivity index (χ4v) is 1.89. The minimum Gasteiger partial charge on any atom is -0.310 e. The number of aryl methyl sites for hydroxylation is 1. The van der Waals surface area contributed by atoms with Gasteiger partial charge in [-0.2, -0.15) is 0 Å². The van der Waals surface area contributed by atoms with Crippen molar-refractivity contribution in [3.63, 3.8) is 0 Å². The van der Waals surface area contributed by atoms with Gasteiger partial charge in [0.1, 0.15) is 0 Å². The highest BCUT2D eigenvalue weighted by molar-refractivity contribution is 7.94. The molecular formula is C12H16OS. The third kappa shape index (κ3) is 3.35. The van der Waals surface area contributed by atoms with Gasteiger partial charge in [0, 0.05) is 16.9 Å². The summed E-state index contributed by atoms with van der Waals surface area (Å²) >= 11 is 1.50. The lowest BCUT2D eigenvalue weighted by atomic mass is 10.2. The average molecular weight is 208 g/mol. The quantitative estimate of drug-likeness (QED) is 0.537. The number of benzene rings is 1. The Hall–Kier alpha value is -0.470. The standard InChI is InChI=1S/C12H16OS/c1-10-2-6-12(7-3-10)14-13-9-8-11-4-5-11/h2-3,6-7,11H,4-5,8-9H2,1H3. The van der Waals surface area contributed by atoms with E-state index in [1.807, 2.05) is 0 Å². The van der Waals surface area contributed by atoms with Gasteiger partial charge in [-0.3, -0.25) is 0 Å². The van der Waals surface area contributed by atoms with E-state index in [1.54, 1.807) is 0 Å². The van der Waals surface area contributed by atoms with Gasteiger partial charge >= 0.3 is 0 Å². The van der Waals surface area contributed by atoms with Crippen molar-refractivity contribution in [2.45, 2.75) is 31.1 Å². The topological polar surface area (TPSA) is 9.23 Å². The first-order valence-electron chi connectivity index (χ1n) is 5.21. The Bertz CT molecular complexity index is 277. The van der Waals surface area contributed by atoms with Gasteiger partial charge in [-0.25, -0.2) is 0 Å². The smallest absolute Gasteiger partial charge is 0.0621 e. The Morgan fingerprint density at radius 2 is 2.00 bits per heavy atom. The monoisotopic (exact) mass is 208 g/mol. The summed E-state index contributed by atoms with van der Waals surface area (Å²) < 4.78 is 5.53. The highest BCUT2D eigenvalue weighted by Gasteiger charge is 2.20. The summed E-state index contributed by atoms with van der Waals surface area (Å²) in [7, 11) is 0. The predicted octanol–water partition coefficient (Wildman–Crippen LogP) is 3.82. The molecule has 0 spiro atoms. The van der Waals surface area contributed by atoms with Crippen LogP contribution < -0.4 is 0 Å². The Kier molecular flexibility index (Phi) is 3.49. The molecule has 1 saturated carbocycles. The predicted molar refractivity (Wildman–Crippen MR) is 60.3 cm³/mol. The van der Waals surface area contributed by atoms with Crippen LogP contribution in [0.25, 0.3) is 0 Å². The molecule has 0 radical (unpaired) electrons. The summed E-state index contributed by atoms with van der Waals surface area (Å²) in [6.45, 7) is 2.99. The van der Waals surface area contributed by atoms with Crippen LogP contribution >= 0.6 is 12.0 Å². The second kappa shape index (κ2) is 4.85. The Morgan fingerprint density at radius 3 is 2.64 bits per heavy atom. The van der Waals surface area contributed by atoms with Crippen LogP contribution in [0.15, 0.2) is 29.2 Å². The van der Waals surface area contributed by atoms with Gasteiger partial charge in [0.05, 0.1) is 6.61 Å². The van der Waals surface area contributed by atoms with Gasteiger partial charge in [-0.1, -0.05) is 30.5 Å². The lowest BCUT2D eigenvalue weighted by molar-refractivity contribution is 0.353. The van der Waals surface area contributed by atoms with Crippen molar-refractivity contribution in [2.75, 3.05) is 6.61 Å². The molecule has 2 heteroatoms. The van der Waals surface area contributed by atoms with Crippen LogP contribution in [0.3, 0.4) is 0 Å². The summed E-state index contributed by atoms with van der Waals surface area (Å²) in [6, 6.07) is 8.45. The maximum Gasteiger partial charge on any atom is 0.0621 e. The molecule has 0 N–H and O–H groups in total. The van der Waals surface area contributed by atoms with E-state index in [0.717, 1.165) is 12.5 Å². The summed E-state index contributed by atoms with van der Waals surface area (Å²) in [4.78, 5) is 1.20. The number of hydrogen-bond acceptors (Lipinski definition) is 2. The molecule has 0 unspecified atom stereocenters. The van der Waals surface area contributed by atoms with Crippen molar-refractivity contribution < 1.29 is 4.18 Å². The first-order chi connectivity index (χ1) is 6.84. The third-order valence-corrected chi connectivity index (χ3v) is 3.23. The van der Waals surface area contributed by atoms with Gasteiger partial charge in [-0.05, 0) is 31.4 Å². The fourth-order valence-electron chi connectivity index (χ4n) is 1.32. The van der Waals surface area contributed by atoms with E-state index in [9.17, 15) is 0 Å². The minimum absolute atomic E-state index is 0.892. The molecule has 0 saturated heterocycles. The molecule has 1 aliphatic carbocycles. The summed E-state index contributed by atoms with van der Waals surface area (Å²) in [5.41, 5.74) is 1.30. The molecular weight excluding hydrogens is 192 g/mol. The zero-order chi connectivity index (χ0) is 9.80. The van der Waals surface area contributed by atoms with Gasteiger partial charge in [0.15, 0.2) is 0 Å². The maximum atomic E-state index is 5.53. The molecule has 1 fully saturated rings. The second-order valence-corrected chi connectivity index (χ2v) is 4.82. The fraction of sp³-hybridized carbons (Fsp3) is 0.500. The van der Waals surface area contributed by atoms with E-state index in [-0.39, 0.29) is 0 Å². The summed E-state index contributed by atoms with van der Waals surface area (Å²) in [6.07, 6.45) is 4.07. The SMILES string of the molecule is Cc1ccc(SOCCC2CC2)cc1. The van der Waals surface area contributed by atoms with Crippen molar-refractivity contribution in [1.29, 1.82) is 0 Å². The van der Waals surface area contributed by atoms with Crippen LogP contribution in [-0.4, -0.2) is 6.61 Å². The van der Waals surface area contributed by atoms with Crippen molar-refractivity contribution in [1.82, 2.24) is 0 Å². The zero-order valence-corrected chi connectivity index (χ0v) is 9.35. The summed E-state index contributed by atoms with van der Waals surface area (Å²) in [5.74, 6) is 0.966. The lowest BCUT2D eigenvalue weighted by Gasteiger charge is -2.02. The van der Waals surface area contributed by atoms with Crippen LogP contribution in [0.2, 0.25) is 0 Å². The van der Waals surface area contributed by atoms with Gasteiger partial charge in [0.2, 0.25) is 0 Å². The highest BCUT2D eigenvalue weighted by atomic mass is 32.2. The van der Waals surface area contributed by atoms with Crippen molar-refractivity contribution >= 4 is 12.0 Å². The molecule has 1 aromatic rings. The molecule has 0 heterocycles. The van der Waals surface area contributed by atoms with Crippen LogP contribution in [0.1, 0.15) is 24.8 Å². The molecule has 1 nitrogen and oxygen atoms in total. The number of rotatable bonds is 5. The van der Waals surface area contributed by atoms with Crippen LogP contribution in [0.4, 0.5) is 0 Å². The molecule has 0 atom stereocenters. The van der Waals surface area contributed by atoms with E-state index < -0.39 is 0 Å². The van der Waals surface area contributed by atoms with E-state index in [2.05, 4.69) is 31.2 Å². The van der Waals surface area contributed by atoms with Crippen LogP contribution in [0, 0.1) is 12.8 Å². The Morgan fingerprint density at radius 1 is 1.29 bits per heavy atom. The van der Waals surface area contributed by atoms with E-state index in [0.29, 0.717) is 0 Å². The molecule has 0 aliphatic heterocycles. The van der Waals surface area contributed by atoms with Gasteiger partial charge < -0.3 is 4.18 Å². The molecule has 0 amide bonds. The average Bonchev–Trinajstić information content (AvgIpc) is 2.99. The highest BCUT2D eigenvalue weighted by Crippen LogP contribution is 2.33. The normalized spacial score (nSPS) is 15.8. The molecule has 1 aromatic carbocycles. The minimum atomic E-state index is 0.892. The van der Waals surface area contributed by atoms with Crippen LogP contribution in [0.5, 0.6) is 0 Å². The van der Waals surface area contributed by atoms with E-state index >= 15 is 0 Å². The lowest BCUT2D eigenvalue weighted by Crippen LogP contribution is -1.87.